The van der Waals surface area contributed by atoms with Crippen LogP contribution in [0.2, 0.25) is 0 Å². The lowest BCUT2D eigenvalue weighted by Gasteiger charge is -2.25. The molecule has 1 aliphatic heterocycles. The van der Waals surface area contributed by atoms with Crippen molar-refractivity contribution in [1.82, 2.24) is 14.8 Å². The van der Waals surface area contributed by atoms with Crippen LogP contribution < -0.4 is 4.74 Å². The van der Waals surface area contributed by atoms with E-state index in [-0.39, 0.29) is 11.3 Å². The number of rotatable bonds is 10. The molecule has 1 N–H and O–H groups in total. The van der Waals surface area contributed by atoms with Crippen molar-refractivity contribution < 1.29 is 19.4 Å². The number of carbonyl (C=O) groups excluding carboxylic acids is 2. The van der Waals surface area contributed by atoms with Crippen molar-refractivity contribution in [2.75, 3.05) is 33.8 Å². The van der Waals surface area contributed by atoms with Crippen molar-refractivity contribution >= 4 is 17.4 Å². The maximum atomic E-state index is 13.1. The molecule has 0 radical (unpaired) electrons. The van der Waals surface area contributed by atoms with E-state index in [1.165, 1.54) is 0 Å². The van der Waals surface area contributed by atoms with Gasteiger partial charge in [-0.05, 0) is 81.9 Å². The summed E-state index contributed by atoms with van der Waals surface area (Å²) in [5.41, 5.74) is 2.19. The lowest BCUT2D eigenvalue weighted by atomic mass is 9.95. The number of carbonyl (C=O) groups is 2. The summed E-state index contributed by atoms with van der Waals surface area (Å²) in [7, 11) is 3.93. The normalized spacial score (nSPS) is 17.7. The van der Waals surface area contributed by atoms with Crippen LogP contribution in [0.1, 0.15) is 48.9 Å². The van der Waals surface area contributed by atoms with Gasteiger partial charge in [-0.1, -0.05) is 13.3 Å². The number of hydrogen-bond donors (Lipinski definition) is 1. The summed E-state index contributed by atoms with van der Waals surface area (Å²) in [4.78, 5) is 33.7. The SMILES string of the molecule is CCCCOc1ccc(/C(O)=C2\C(=O)C(=O)N(CCCN(C)C)[C@H]2c2ccncc2)cc1C. The van der Waals surface area contributed by atoms with Gasteiger partial charge < -0.3 is 19.6 Å². The fourth-order valence-corrected chi connectivity index (χ4v) is 4.00. The maximum Gasteiger partial charge on any atom is 0.295 e. The summed E-state index contributed by atoms with van der Waals surface area (Å²) in [5.74, 6) is -0.684. The van der Waals surface area contributed by atoms with E-state index in [1.54, 1.807) is 47.6 Å². The zero-order chi connectivity index (χ0) is 24.0. The Balaban J connectivity index is 1.99. The van der Waals surface area contributed by atoms with Gasteiger partial charge in [-0.15, -0.1) is 0 Å². The van der Waals surface area contributed by atoms with Gasteiger partial charge in [-0.2, -0.15) is 0 Å². The Morgan fingerprint density at radius 2 is 1.88 bits per heavy atom. The number of aryl methyl sites for hydroxylation is 1. The minimum absolute atomic E-state index is 0.107. The summed E-state index contributed by atoms with van der Waals surface area (Å²) in [6.45, 7) is 5.83. The molecule has 0 unspecified atom stereocenters. The molecule has 0 aliphatic carbocycles. The first-order chi connectivity index (χ1) is 15.8. The molecule has 0 saturated carbocycles. The predicted molar refractivity (Wildman–Crippen MR) is 128 cm³/mol. The number of ether oxygens (including phenoxy) is 1. The van der Waals surface area contributed by atoms with Gasteiger partial charge in [0.2, 0.25) is 0 Å². The fraction of sp³-hybridized carbons (Fsp3) is 0.423. The minimum atomic E-state index is -0.667. The van der Waals surface area contributed by atoms with E-state index >= 15 is 0 Å². The average molecular weight is 452 g/mol. The number of hydrogen-bond acceptors (Lipinski definition) is 6. The van der Waals surface area contributed by atoms with Crippen LogP contribution in [-0.2, 0) is 9.59 Å². The second-order valence-electron chi connectivity index (χ2n) is 8.61. The Morgan fingerprint density at radius 1 is 1.15 bits per heavy atom. The number of aliphatic hydroxyl groups excluding tert-OH is 1. The molecule has 176 valence electrons. The van der Waals surface area contributed by atoms with Crippen LogP contribution in [0.25, 0.3) is 5.76 Å². The monoisotopic (exact) mass is 451 g/mol. The number of aliphatic hydroxyl groups is 1. The molecule has 1 saturated heterocycles. The topological polar surface area (TPSA) is 83.0 Å². The van der Waals surface area contributed by atoms with E-state index in [0.717, 1.165) is 36.3 Å². The zero-order valence-corrected chi connectivity index (χ0v) is 19.9. The predicted octanol–water partition coefficient (Wildman–Crippen LogP) is 3.94. The highest BCUT2D eigenvalue weighted by Crippen LogP contribution is 2.39. The van der Waals surface area contributed by atoms with E-state index < -0.39 is 17.7 Å². The van der Waals surface area contributed by atoms with Crippen LogP contribution in [0.4, 0.5) is 0 Å². The molecule has 2 aromatic rings. The Labute approximate surface area is 195 Å². The number of aromatic nitrogens is 1. The van der Waals surface area contributed by atoms with Crippen LogP contribution in [0.3, 0.4) is 0 Å². The fourth-order valence-electron chi connectivity index (χ4n) is 4.00. The second kappa shape index (κ2) is 11.1. The standard InChI is InChI=1S/C26H33N3O4/c1-5-6-16-33-21-9-8-20(17-18(21)2)24(30)22-23(19-10-12-27-13-11-19)29(26(32)25(22)31)15-7-14-28(3)4/h8-13,17,23,30H,5-7,14-16H2,1-4H3/b24-22+/t23-/m0/s1. The van der Waals surface area contributed by atoms with Crippen molar-refractivity contribution in [3.63, 3.8) is 0 Å². The van der Waals surface area contributed by atoms with Crippen LogP contribution in [0.5, 0.6) is 5.75 Å². The Bertz CT molecular complexity index is 1020. The van der Waals surface area contributed by atoms with Gasteiger partial charge >= 0.3 is 0 Å². The van der Waals surface area contributed by atoms with Crippen molar-refractivity contribution in [3.8, 4) is 5.75 Å². The molecule has 33 heavy (non-hydrogen) atoms. The van der Waals surface area contributed by atoms with E-state index in [1.807, 2.05) is 25.9 Å². The molecule has 2 heterocycles. The number of Topliss-reactive ketones (excluding diaryl/α,β-unsaturated/α-hetero) is 1. The number of benzene rings is 1. The number of likely N-dealkylation sites (tertiary alicyclic amines) is 1. The molecule has 7 heteroatoms. The number of unbranched alkanes of at least 4 members (excludes halogenated alkanes) is 1. The second-order valence-corrected chi connectivity index (χ2v) is 8.61. The number of nitrogens with zero attached hydrogens (tertiary/aromatic N) is 3. The summed E-state index contributed by atoms with van der Waals surface area (Å²) in [6.07, 6.45) is 5.97. The van der Waals surface area contributed by atoms with Crippen molar-refractivity contribution in [2.24, 2.45) is 0 Å². The van der Waals surface area contributed by atoms with Crippen LogP contribution >= 0.6 is 0 Å². The first-order valence-electron chi connectivity index (χ1n) is 11.4. The third-order valence-corrected chi connectivity index (χ3v) is 5.77. The van der Waals surface area contributed by atoms with Crippen LogP contribution in [0.15, 0.2) is 48.3 Å². The van der Waals surface area contributed by atoms with Gasteiger partial charge in [-0.25, -0.2) is 0 Å². The van der Waals surface area contributed by atoms with E-state index in [0.29, 0.717) is 25.1 Å². The van der Waals surface area contributed by atoms with Gasteiger partial charge in [0.15, 0.2) is 0 Å². The average Bonchev–Trinajstić information content (AvgIpc) is 3.05. The number of pyridine rings is 1. The third-order valence-electron chi connectivity index (χ3n) is 5.77. The molecule has 1 aromatic carbocycles. The van der Waals surface area contributed by atoms with Gasteiger partial charge in [0.05, 0.1) is 18.2 Å². The maximum absolute atomic E-state index is 13.1. The highest BCUT2D eigenvalue weighted by atomic mass is 16.5. The van der Waals surface area contributed by atoms with Crippen molar-refractivity contribution in [2.45, 2.75) is 39.2 Å². The lowest BCUT2D eigenvalue weighted by Crippen LogP contribution is -2.32. The molecule has 7 nitrogen and oxygen atoms in total. The molecule has 0 spiro atoms. The molecule has 1 aromatic heterocycles. The van der Waals surface area contributed by atoms with Crippen molar-refractivity contribution in [1.29, 1.82) is 0 Å². The lowest BCUT2D eigenvalue weighted by molar-refractivity contribution is -0.139. The van der Waals surface area contributed by atoms with E-state index in [4.69, 9.17) is 4.74 Å². The van der Waals surface area contributed by atoms with Gasteiger partial charge in [-0.3, -0.25) is 14.6 Å². The third kappa shape index (κ3) is 5.60. The molecule has 0 bridgehead atoms. The van der Waals surface area contributed by atoms with Gasteiger partial charge in [0.25, 0.3) is 11.7 Å². The summed E-state index contributed by atoms with van der Waals surface area (Å²) < 4.78 is 5.81. The van der Waals surface area contributed by atoms with Crippen LogP contribution in [-0.4, -0.2) is 65.4 Å². The molecule has 3 rings (SSSR count). The molecule has 1 fully saturated rings. The smallest absolute Gasteiger partial charge is 0.295 e. The largest absolute Gasteiger partial charge is 0.507 e. The van der Waals surface area contributed by atoms with Gasteiger partial charge in [0, 0.05) is 24.5 Å². The quantitative estimate of drug-likeness (QED) is 0.255. The minimum Gasteiger partial charge on any atom is -0.507 e. The molecular weight excluding hydrogens is 418 g/mol. The molecule has 1 atom stereocenters. The van der Waals surface area contributed by atoms with E-state index in [2.05, 4.69) is 11.9 Å². The Morgan fingerprint density at radius 3 is 2.52 bits per heavy atom. The summed E-state index contributed by atoms with van der Waals surface area (Å²) >= 11 is 0. The van der Waals surface area contributed by atoms with Crippen molar-refractivity contribution in [3.05, 3.63) is 65.0 Å². The number of amides is 1. The summed E-state index contributed by atoms with van der Waals surface area (Å²) in [5, 5.41) is 11.2. The highest BCUT2D eigenvalue weighted by molar-refractivity contribution is 6.46. The Hall–Kier alpha value is -3.19. The first-order valence-corrected chi connectivity index (χ1v) is 11.4. The van der Waals surface area contributed by atoms with E-state index in [9.17, 15) is 14.7 Å². The first kappa shape index (κ1) is 24.5. The van der Waals surface area contributed by atoms with Gasteiger partial charge in [0.1, 0.15) is 11.5 Å². The highest BCUT2D eigenvalue weighted by Gasteiger charge is 2.45. The molecule has 1 amide bonds. The Kier molecular flexibility index (Phi) is 8.22. The summed E-state index contributed by atoms with van der Waals surface area (Å²) in [6, 6.07) is 8.22. The number of ketones is 1. The van der Waals surface area contributed by atoms with Crippen LogP contribution in [0, 0.1) is 6.92 Å². The molecule has 1 aliphatic rings. The zero-order valence-electron chi connectivity index (χ0n) is 19.9. The molecular formula is C26H33N3O4.